The second kappa shape index (κ2) is 13.2. The summed E-state index contributed by atoms with van der Waals surface area (Å²) in [6.45, 7) is 3.58. The number of benzene rings is 2. The van der Waals surface area contributed by atoms with E-state index in [0.29, 0.717) is 11.0 Å². The number of rotatable bonds is 13. The van der Waals surface area contributed by atoms with Crippen LogP contribution in [0.5, 0.6) is 0 Å². The van der Waals surface area contributed by atoms with Crippen LogP contribution in [0.4, 0.5) is 0 Å². The Morgan fingerprint density at radius 2 is 1.62 bits per heavy atom. The number of aliphatic hydroxyl groups is 1. The molecule has 0 aliphatic heterocycles. The lowest BCUT2D eigenvalue weighted by Gasteiger charge is -2.16. The van der Waals surface area contributed by atoms with E-state index in [1.807, 2.05) is 21.6 Å². The molecule has 0 spiro atoms. The molecule has 0 aromatic heterocycles. The largest absolute Gasteiger partial charge is 0.513 e. The minimum Gasteiger partial charge on any atom is -0.513 e. The molecule has 0 bridgehead atoms. The predicted octanol–water partition coefficient (Wildman–Crippen LogP) is 7.75. The molecule has 0 saturated carbocycles. The maximum absolute atomic E-state index is 9.25. The molecule has 0 aliphatic rings. The van der Waals surface area contributed by atoms with Gasteiger partial charge in [0.15, 0.2) is 0 Å². The molecule has 0 aliphatic carbocycles. The first-order chi connectivity index (χ1) is 12.7. The Balaban J connectivity index is 1.72. The van der Waals surface area contributed by atoms with Gasteiger partial charge in [-0.2, -0.15) is 11.8 Å². The number of thioether (sulfide) groups is 1. The molecule has 0 fully saturated rings. The maximum Gasteiger partial charge on any atom is 0.0851 e. The second-order valence-electron chi connectivity index (χ2n) is 6.24. The fraction of sp³-hybridized carbons (Fsp3) is 0.364. The van der Waals surface area contributed by atoms with Crippen molar-refractivity contribution in [3.8, 4) is 0 Å². The zero-order valence-corrected chi connectivity index (χ0v) is 17.6. The lowest BCUT2D eigenvalue weighted by atomic mass is 10.1. The van der Waals surface area contributed by atoms with Gasteiger partial charge >= 0.3 is 0 Å². The molecular formula is C22H28OS3. The molecule has 2 aromatic carbocycles. The third-order valence-corrected chi connectivity index (χ3v) is 7.85. The molecule has 0 heterocycles. The fourth-order valence-corrected chi connectivity index (χ4v) is 6.10. The fourth-order valence-electron chi connectivity index (χ4n) is 2.57. The Hall–Kier alpha value is -0.970. The molecule has 1 unspecified atom stereocenters. The van der Waals surface area contributed by atoms with Crippen LogP contribution in [0.25, 0.3) is 0 Å². The average Bonchev–Trinajstić information content (AvgIpc) is 2.67. The highest BCUT2D eigenvalue weighted by atomic mass is 33.1. The van der Waals surface area contributed by atoms with Crippen LogP contribution >= 0.6 is 33.3 Å². The van der Waals surface area contributed by atoms with E-state index in [1.165, 1.54) is 29.1 Å². The van der Waals surface area contributed by atoms with Crippen molar-refractivity contribution in [2.75, 3.05) is 5.75 Å². The molecule has 0 saturated heterocycles. The summed E-state index contributed by atoms with van der Waals surface area (Å²) in [7, 11) is 3.82. The van der Waals surface area contributed by atoms with E-state index in [1.54, 1.807) is 0 Å². The summed E-state index contributed by atoms with van der Waals surface area (Å²) in [4.78, 5) is 1.33. The van der Waals surface area contributed by atoms with Crippen LogP contribution in [0, 0.1) is 0 Å². The van der Waals surface area contributed by atoms with Crippen molar-refractivity contribution in [1.82, 2.24) is 0 Å². The number of hydrogen-bond donors (Lipinski definition) is 1. The summed E-state index contributed by atoms with van der Waals surface area (Å²) >= 11 is 2.07. The zero-order chi connectivity index (χ0) is 18.5. The normalized spacial score (nSPS) is 12.0. The van der Waals surface area contributed by atoms with Crippen LogP contribution in [0.15, 0.2) is 77.9 Å². The summed E-state index contributed by atoms with van der Waals surface area (Å²) < 4.78 is 0. The van der Waals surface area contributed by atoms with E-state index in [-0.39, 0.29) is 0 Å². The third-order valence-electron chi connectivity index (χ3n) is 3.99. The highest BCUT2D eigenvalue weighted by molar-refractivity contribution is 8.76. The van der Waals surface area contributed by atoms with Gasteiger partial charge in [0.1, 0.15) is 0 Å². The maximum atomic E-state index is 9.25. The van der Waals surface area contributed by atoms with Gasteiger partial charge in [0.25, 0.3) is 0 Å². The van der Waals surface area contributed by atoms with Gasteiger partial charge in [-0.05, 0) is 37.0 Å². The Morgan fingerprint density at radius 1 is 0.923 bits per heavy atom. The first-order valence-corrected chi connectivity index (χ1v) is 12.5. The second-order valence-corrected chi connectivity index (χ2v) is 10.0. The SMILES string of the molecule is C=C(O)CCCCC(CCSSc1ccccc1)SCc1ccccc1. The minimum atomic E-state index is 0.313. The van der Waals surface area contributed by atoms with Gasteiger partial charge in [-0.25, -0.2) is 0 Å². The van der Waals surface area contributed by atoms with Gasteiger partial charge < -0.3 is 5.11 Å². The predicted molar refractivity (Wildman–Crippen MR) is 121 cm³/mol. The van der Waals surface area contributed by atoms with E-state index in [2.05, 4.69) is 79.0 Å². The molecule has 26 heavy (non-hydrogen) atoms. The van der Waals surface area contributed by atoms with Crippen molar-refractivity contribution in [2.45, 2.75) is 48.0 Å². The summed E-state index contributed by atoms with van der Waals surface area (Å²) in [6.07, 6.45) is 5.35. The molecule has 1 N–H and O–H groups in total. The molecule has 140 valence electrons. The van der Waals surface area contributed by atoms with Crippen molar-refractivity contribution in [2.24, 2.45) is 0 Å². The smallest absolute Gasteiger partial charge is 0.0851 e. The summed E-state index contributed by atoms with van der Waals surface area (Å²) in [5.41, 5.74) is 1.40. The number of unbranched alkanes of at least 4 members (excludes halogenated alkanes) is 1. The lowest BCUT2D eigenvalue weighted by molar-refractivity contribution is 0.383. The number of hydrogen-bond acceptors (Lipinski definition) is 4. The molecule has 2 aromatic rings. The van der Waals surface area contributed by atoms with Crippen LogP contribution in [-0.2, 0) is 5.75 Å². The van der Waals surface area contributed by atoms with Crippen LogP contribution in [0.1, 0.15) is 37.7 Å². The van der Waals surface area contributed by atoms with Crippen molar-refractivity contribution in [3.63, 3.8) is 0 Å². The first-order valence-electron chi connectivity index (χ1n) is 9.11. The van der Waals surface area contributed by atoms with Gasteiger partial charge in [0, 0.05) is 28.1 Å². The van der Waals surface area contributed by atoms with Crippen LogP contribution < -0.4 is 0 Å². The molecule has 1 nitrogen and oxygen atoms in total. The summed E-state index contributed by atoms with van der Waals surface area (Å²) in [6, 6.07) is 21.3. The van der Waals surface area contributed by atoms with Crippen LogP contribution in [0.2, 0.25) is 0 Å². The van der Waals surface area contributed by atoms with Crippen molar-refractivity contribution in [3.05, 3.63) is 78.6 Å². The number of aliphatic hydroxyl groups excluding tert-OH is 1. The van der Waals surface area contributed by atoms with Crippen LogP contribution in [-0.4, -0.2) is 16.1 Å². The van der Waals surface area contributed by atoms with E-state index >= 15 is 0 Å². The summed E-state index contributed by atoms with van der Waals surface area (Å²) in [5, 5.41) is 9.92. The van der Waals surface area contributed by atoms with Crippen molar-refractivity contribution < 1.29 is 5.11 Å². The molecule has 0 amide bonds. The Labute approximate surface area is 170 Å². The Bertz CT molecular complexity index is 616. The summed E-state index contributed by atoms with van der Waals surface area (Å²) in [5.74, 6) is 2.56. The van der Waals surface area contributed by atoms with E-state index in [9.17, 15) is 5.11 Å². The topological polar surface area (TPSA) is 20.2 Å². The van der Waals surface area contributed by atoms with Gasteiger partial charge in [-0.15, -0.1) is 0 Å². The minimum absolute atomic E-state index is 0.313. The average molecular weight is 405 g/mol. The Morgan fingerprint density at radius 3 is 2.31 bits per heavy atom. The van der Waals surface area contributed by atoms with Gasteiger partial charge in [-0.3, -0.25) is 0 Å². The number of allylic oxidation sites excluding steroid dienone is 1. The standard InChI is InChI=1S/C22H28OS3/c1-19(23)10-8-9-13-21(24-18-20-11-4-2-5-12-20)16-17-25-26-22-14-6-3-7-15-22/h2-7,11-12,14-15,21,23H,1,8-10,13,16-18H2. The molecule has 1 atom stereocenters. The zero-order valence-electron chi connectivity index (χ0n) is 15.2. The quantitative estimate of drug-likeness (QED) is 0.209. The Kier molecular flexibility index (Phi) is 10.9. The van der Waals surface area contributed by atoms with E-state index in [4.69, 9.17) is 0 Å². The third kappa shape index (κ3) is 9.65. The monoisotopic (exact) mass is 404 g/mol. The lowest BCUT2D eigenvalue weighted by Crippen LogP contribution is -2.05. The van der Waals surface area contributed by atoms with E-state index in [0.717, 1.165) is 25.0 Å². The highest BCUT2D eigenvalue weighted by Gasteiger charge is 2.10. The molecule has 0 radical (unpaired) electrons. The first kappa shape index (κ1) is 21.3. The van der Waals surface area contributed by atoms with Crippen LogP contribution in [0.3, 0.4) is 0 Å². The van der Waals surface area contributed by atoms with Crippen molar-refractivity contribution >= 4 is 33.3 Å². The highest BCUT2D eigenvalue weighted by Crippen LogP contribution is 2.33. The van der Waals surface area contributed by atoms with Crippen molar-refractivity contribution in [1.29, 1.82) is 0 Å². The molecule has 4 heteroatoms. The van der Waals surface area contributed by atoms with Gasteiger partial charge in [-0.1, -0.05) is 83.1 Å². The molecule has 2 rings (SSSR count). The van der Waals surface area contributed by atoms with Gasteiger partial charge in [0.2, 0.25) is 0 Å². The van der Waals surface area contributed by atoms with Gasteiger partial charge in [0.05, 0.1) is 5.76 Å². The van der Waals surface area contributed by atoms with E-state index < -0.39 is 0 Å². The molecular weight excluding hydrogens is 376 g/mol.